The zero-order valence-corrected chi connectivity index (χ0v) is 13.3. The van der Waals surface area contributed by atoms with E-state index >= 15 is 0 Å². The van der Waals surface area contributed by atoms with Crippen molar-refractivity contribution in [2.24, 2.45) is 7.05 Å². The third-order valence-electron chi connectivity index (χ3n) is 3.25. The molecule has 0 atom stereocenters. The van der Waals surface area contributed by atoms with Crippen molar-refractivity contribution >= 4 is 38.7 Å². The first-order valence-corrected chi connectivity index (χ1v) is 7.24. The number of aromatic amines is 1. The van der Waals surface area contributed by atoms with Crippen LogP contribution in [0.2, 0.25) is 5.28 Å². The van der Waals surface area contributed by atoms with Crippen molar-refractivity contribution in [2.45, 2.75) is 6.54 Å². The average molecular weight is 370 g/mol. The monoisotopic (exact) mass is 368 g/mol. The Morgan fingerprint density at radius 2 is 2.05 bits per heavy atom. The average Bonchev–Trinajstić information content (AvgIpc) is 2.77. The lowest BCUT2D eigenvalue weighted by atomic mass is 10.2. The van der Waals surface area contributed by atoms with Gasteiger partial charge in [-0.15, -0.1) is 0 Å². The van der Waals surface area contributed by atoms with Crippen molar-refractivity contribution < 1.29 is 0 Å². The summed E-state index contributed by atoms with van der Waals surface area (Å²) in [5.74, 6) is 0. The molecule has 0 amide bonds. The van der Waals surface area contributed by atoms with Crippen molar-refractivity contribution in [3.8, 4) is 0 Å². The second kappa shape index (κ2) is 5.16. The molecule has 3 aromatic rings. The number of H-pyrrole nitrogens is 1. The Morgan fingerprint density at radius 3 is 2.76 bits per heavy atom. The largest absolute Gasteiger partial charge is 0.329 e. The van der Waals surface area contributed by atoms with Gasteiger partial charge in [0.15, 0.2) is 11.2 Å². The predicted octanol–water partition coefficient (Wildman–Crippen LogP) is 1.89. The first-order chi connectivity index (χ1) is 9.99. The van der Waals surface area contributed by atoms with Crippen molar-refractivity contribution in [2.75, 3.05) is 0 Å². The highest BCUT2D eigenvalue weighted by Crippen LogP contribution is 2.21. The van der Waals surface area contributed by atoms with Gasteiger partial charge in [-0.3, -0.25) is 14.3 Å². The third-order valence-corrected chi connectivity index (χ3v) is 4.31. The van der Waals surface area contributed by atoms with Crippen LogP contribution in [0.15, 0.2) is 38.3 Å². The number of nitrogens with one attached hydrogen (secondary N) is 1. The Morgan fingerprint density at radius 1 is 1.33 bits per heavy atom. The van der Waals surface area contributed by atoms with Crippen LogP contribution in [0.25, 0.3) is 11.2 Å². The van der Waals surface area contributed by atoms with Crippen LogP contribution >= 0.6 is 27.5 Å². The summed E-state index contributed by atoms with van der Waals surface area (Å²) in [5.41, 5.74) is 0.472. The molecule has 0 spiro atoms. The highest BCUT2D eigenvalue weighted by molar-refractivity contribution is 9.10. The SMILES string of the molecule is Cn1c(=O)[nH]c(=O)c2c1nc(Cl)n2Cc1ccccc1Br. The molecule has 0 aliphatic rings. The van der Waals surface area contributed by atoms with Gasteiger partial charge >= 0.3 is 5.69 Å². The molecule has 3 rings (SSSR count). The number of aromatic nitrogens is 4. The molecule has 0 unspecified atom stereocenters. The molecule has 0 saturated heterocycles. The minimum absolute atomic E-state index is 0.160. The summed E-state index contributed by atoms with van der Waals surface area (Å²) in [6.45, 7) is 0.373. The molecular formula is C13H10BrClN4O2. The molecule has 0 radical (unpaired) electrons. The molecule has 108 valence electrons. The fourth-order valence-electron chi connectivity index (χ4n) is 2.15. The third kappa shape index (κ3) is 2.32. The maximum Gasteiger partial charge on any atom is 0.329 e. The van der Waals surface area contributed by atoms with Gasteiger partial charge in [-0.2, -0.15) is 4.98 Å². The van der Waals surface area contributed by atoms with E-state index in [0.29, 0.717) is 6.54 Å². The summed E-state index contributed by atoms with van der Waals surface area (Å²) in [7, 11) is 1.53. The molecule has 8 heteroatoms. The Hall–Kier alpha value is -1.86. The lowest BCUT2D eigenvalue weighted by Gasteiger charge is -2.07. The van der Waals surface area contributed by atoms with Crippen LogP contribution in [-0.4, -0.2) is 19.1 Å². The number of hydrogen-bond acceptors (Lipinski definition) is 3. The Balaban J connectivity index is 2.27. The molecule has 6 nitrogen and oxygen atoms in total. The fourth-order valence-corrected chi connectivity index (χ4v) is 2.78. The van der Waals surface area contributed by atoms with E-state index in [1.807, 2.05) is 24.3 Å². The molecule has 0 saturated carbocycles. The van der Waals surface area contributed by atoms with Gasteiger partial charge in [-0.05, 0) is 23.2 Å². The minimum atomic E-state index is -0.519. The van der Waals surface area contributed by atoms with E-state index in [2.05, 4.69) is 25.9 Å². The molecule has 2 heterocycles. The standard InChI is InChI=1S/C13H10BrClN4O2/c1-18-10-9(11(20)17-13(18)21)19(12(15)16-10)6-7-4-2-3-5-8(7)14/h2-5H,6H2,1H3,(H,17,20,21). The first-order valence-electron chi connectivity index (χ1n) is 6.07. The summed E-state index contributed by atoms with van der Waals surface area (Å²) in [4.78, 5) is 30.0. The van der Waals surface area contributed by atoms with Gasteiger partial charge in [0.1, 0.15) is 0 Å². The quantitative estimate of drug-likeness (QED) is 0.701. The Labute approximate surface area is 132 Å². The number of aryl methyl sites for hydroxylation is 1. The lowest BCUT2D eigenvalue weighted by Crippen LogP contribution is -2.29. The maximum absolute atomic E-state index is 12.1. The maximum atomic E-state index is 12.1. The van der Waals surface area contributed by atoms with Crippen molar-refractivity contribution in [1.82, 2.24) is 19.1 Å². The van der Waals surface area contributed by atoms with Crippen molar-refractivity contribution in [3.63, 3.8) is 0 Å². The van der Waals surface area contributed by atoms with Crippen LogP contribution in [0.1, 0.15) is 5.56 Å². The van der Waals surface area contributed by atoms with Crippen LogP contribution in [0.5, 0.6) is 0 Å². The van der Waals surface area contributed by atoms with Crippen molar-refractivity contribution in [1.29, 1.82) is 0 Å². The van der Waals surface area contributed by atoms with E-state index in [9.17, 15) is 9.59 Å². The first kappa shape index (κ1) is 14.1. The number of hydrogen-bond donors (Lipinski definition) is 1. The van der Waals surface area contributed by atoms with E-state index in [1.54, 1.807) is 4.57 Å². The molecule has 0 aliphatic heterocycles. The molecule has 1 N–H and O–H groups in total. The number of nitrogens with zero attached hydrogens (tertiary/aromatic N) is 3. The highest BCUT2D eigenvalue weighted by Gasteiger charge is 2.16. The van der Waals surface area contributed by atoms with E-state index in [4.69, 9.17) is 11.6 Å². The van der Waals surface area contributed by atoms with Crippen LogP contribution < -0.4 is 11.2 Å². The molecular weight excluding hydrogens is 360 g/mol. The van der Waals surface area contributed by atoms with Crippen LogP contribution in [0.4, 0.5) is 0 Å². The summed E-state index contributed by atoms with van der Waals surface area (Å²) in [5, 5.41) is 0.160. The number of imidazole rings is 1. The molecule has 2 aromatic heterocycles. The van der Waals surface area contributed by atoms with Gasteiger partial charge in [0.25, 0.3) is 5.56 Å². The minimum Gasteiger partial charge on any atom is -0.304 e. The van der Waals surface area contributed by atoms with E-state index < -0.39 is 11.2 Å². The van der Waals surface area contributed by atoms with Gasteiger partial charge in [-0.25, -0.2) is 4.79 Å². The molecule has 21 heavy (non-hydrogen) atoms. The smallest absolute Gasteiger partial charge is 0.304 e. The zero-order valence-electron chi connectivity index (χ0n) is 10.9. The predicted molar refractivity (Wildman–Crippen MR) is 83.8 cm³/mol. The van der Waals surface area contributed by atoms with E-state index in [0.717, 1.165) is 10.0 Å². The number of rotatable bonds is 2. The topological polar surface area (TPSA) is 72.7 Å². The normalized spacial score (nSPS) is 11.2. The van der Waals surface area contributed by atoms with Crippen LogP contribution in [0, 0.1) is 0 Å². The van der Waals surface area contributed by atoms with Crippen molar-refractivity contribution in [3.05, 3.63) is 60.4 Å². The van der Waals surface area contributed by atoms with Gasteiger partial charge in [-0.1, -0.05) is 34.1 Å². The van der Waals surface area contributed by atoms with E-state index in [1.165, 1.54) is 11.6 Å². The lowest BCUT2D eigenvalue weighted by molar-refractivity contribution is 0.805. The second-order valence-electron chi connectivity index (χ2n) is 4.55. The second-order valence-corrected chi connectivity index (χ2v) is 5.74. The number of halogens is 2. The molecule has 0 aliphatic carbocycles. The zero-order chi connectivity index (χ0) is 15.1. The van der Waals surface area contributed by atoms with Gasteiger partial charge in [0.05, 0.1) is 6.54 Å². The molecule has 1 aromatic carbocycles. The van der Waals surface area contributed by atoms with Crippen LogP contribution in [-0.2, 0) is 13.6 Å². The van der Waals surface area contributed by atoms with Gasteiger partial charge < -0.3 is 4.57 Å². The number of fused-ring (bicyclic) bond motifs is 1. The van der Waals surface area contributed by atoms with Crippen LogP contribution in [0.3, 0.4) is 0 Å². The fraction of sp³-hybridized carbons (Fsp3) is 0.154. The van der Waals surface area contributed by atoms with E-state index in [-0.39, 0.29) is 16.4 Å². The summed E-state index contributed by atoms with van der Waals surface area (Å²) < 4.78 is 3.75. The molecule has 0 bridgehead atoms. The Bertz CT molecular complexity index is 957. The highest BCUT2D eigenvalue weighted by atomic mass is 79.9. The van der Waals surface area contributed by atoms with Gasteiger partial charge in [0.2, 0.25) is 5.28 Å². The molecule has 0 fully saturated rings. The summed E-state index contributed by atoms with van der Waals surface area (Å²) in [6, 6.07) is 7.62. The van der Waals surface area contributed by atoms with Gasteiger partial charge in [0, 0.05) is 11.5 Å². The summed E-state index contributed by atoms with van der Waals surface area (Å²) in [6.07, 6.45) is 0. The summed E-state index contributed by atoms with van der Waals surface area (Å²) >= 11 is 9.59. The Kier molecular flexibility index (Phi) is 3.46. The number of benzene rings is 1.